The van der Waals surface area contributed by atoms with Gasteiger partial charge in [0.15, 0.2) is 17.4 Å². The largest absolute Gasteiger partial charge is 0.491 e. The van der Waals surface area contributed by atoms with Gasteiger partial charge in [-0.1, -0.05) is 36.4 Å². The van der Waals surface area contributed by atoms with Crippen molar-refractivity contribution in [2.45, 2.75) is 13.5 Å². The molecule has 0 radical (unpaired) electrons. The fraction of sp³-hybridized carbons (Fsp3) is 0.143. The lowest BCUT2D eigenvalue weighted by atomic mass is 10.2. The summed E-state index contributed by atoms with van der Waals surface area (Å²) in [6, 6.07) is 13.7. The number of hydrogen-bond donors (Lipinski definition) is 2. The second kappa shape index (κ2) is 9.41. The number of carbonyl (C=O) groups excluding carboxylic acids is 2. The van der Waals surface area contributed by atoms with Crippen molar-refractivity contribution in [3.8, 4) is 17.1 Å². The second-order valence-electron chi connectivity index (χ2n) is 6.00. The Bertz CT molecular complexity index is 995. The highest BCUT2D eigenvalue weighted by atomic mass is 19.1. The van der Waals surface area contributed by atoms with Gasteiger partial charge >= 0.3 is 11.8 Å². The normalized spacial score (nSPS) is 10.3. The van der Waals surface area contributed by atoms with E-state index in [-0.39, 0.29) is 18.0 Å². The lowest BCUT2D eigenvalue weighted by Crippen LogP contribution is -2.35. The molecule has 2 amide bonds. The van der Waals surface area contributed by atoms with Crippen LogP contribution in [0.2, 0.25) is 0 Å². The maximum Gasteiger partial charge on any atom is 0.313 e. The predicted octanol–water partition coefficient (Wildman–Crippen LogP) is 2.94. The number of aromatic nitrogens is 2. The molecule has 0 unspecified atom stereocenters. The molecule has 0 bridgehead atoms. The summed E-state index contributed by atoms with van der Waals surface area (Å²) in [7, 11) is 0. The molecule has 0 aliphatic rings. The minimum Gasteiger partial charge on any atom is -0.491 e. The van der Waals surface area contributed by atoms with Gasteiger partial charge < -0.3 is 15.4 Å². The molecular formula is C21H19FN4O3. The highest BCUT2D eigenvalue weighted by Crippen LogP contribution is 2.18. The maximum absolute atomic E-state index is 13.8. The molecule has 7 nitrogen and oxygen atoms in total. The van der Waals surface area contributed by atoms with E-state index in [0.717, 1.165) is 5.56 Å². The summed E-state index contributed by atoms with van der Waals surface area (Å²) >= 11 is 0. The van der Waals surface area contributed by atoms with Gasteiger partial charge in [0.05, 0.1) is 24.7 Å². The van der Waals surface area contributed by atoms with Crippen molar-refractivity contribution in [1.82, 2.24) is 15.3 Å². The molecule has 0 aliphatic carbocycles. The summed E-state index contributed by atoms with van der Waals surface area (Å²) in [6.45, 7) is 2.11. The van der Waals surface area contributed by atoms with E-state index in [0.29, 0.717) is 18.0 Å². The van der Waals surface area contributed by atoms with E-state index in [1.165, 1.54) is 24.5 Å². The first-order valence-electron chi connectivity index (χ1n) is 8.94. The van der Waals surface area contributed by atoms with Gasteiger partial charge in [0, 0.05) is 12.1 Å². The SMILES string of the molecule is CCOc1ccc(CNC(=O)C(=O)Nc2cnc(-c3ccccc3)nc2)cc1F. The molecule has 0 saturated carbocycles. The third kappa shape index (κ3) is 5.35. The molecule has 1 aromatic heterocycles. The van der Waals surface area contributed by atoms with Crippen molar-refractivity contribution in [3.05, 3.63) is 72.3 Å². The fourth-order valence-electron chi connectivity index (χ4n) is 2.51. The van der Waals surface area contributed by atoms with Crippen molar-refractivity contribution >= 4 is 17.5 Å². The average Bonchev–Trinajstić information content (AvgIpc) is 2.75. The van der Waals surface area contributed by atoms with Crippen LogP contribution in [0, 0.1) is 5.82 Å². The summed E-state index contributed by atoms with van der Waals surface area (Å²) in [5.41, 5.74) is 1.63. The molecule has 2 aromatic carbocycles. The molecule has 8 heteroatoms. The van der Waals surface area contributed by atoms with Crippen molar-refractivity contribution in [1.29, 1.82) is 0 Å². The molecule has 0 saturated heterocycles. The third-order valence-corrected chi connectivity index (χ3v) is 3.90. The second-order valence-corrected chi connectivity index (χ2v) is 6.00. The summed E-state index contributed by atoms with van der Waals surface area (Å²) in [5.74, 6) is -1.61. The van der Waals surface area contributed by atoms with Crippen LogP contribution in [-0.2, 0) is 16.1 Å². The first-order chi connectivity index (χ1) is 14.1. The molecule has 3 rings (SSSR count). The van der Waals surface area contributed by atoms with E-state index < -0.39 is 17.6 Å². The van der Waals surface area contributed by atoms with E-state index in [2.05, 4.69) is 20.6 Å². The number of nitrogens with zero attached hydrogens (tertiary/aromatic N) is 2. The standard InChI is InChI=1S/C21H19FN4O3/c1-2-29-18-9-8-14(10-17(18)22)11-25-20(27)21(28)26-16-12-23-19(24-13-16)15-6-4-3-5-7-15/h3-10,12-13H,2,11H2,1H3,(H,25,27)(H,26,28). The zero-order chi connectivity index (χ0) is 20.6. The van der Waals surface area contributed by atoms with Crippen LogP contribution in [0.25, 0.3) is 11.4 Å². The van der Waals surface area contributed by atoms with Crippen LogP contribution < -0.4 is 15.4 Å². The number of amides is 2. The van der Waals surface area contributed by atoms with Crippen LogP contribution in [-0.4, -0.2) is 28.4 Å². The summed E-state index contributed by atoms with van der Waals surface area (Å²) < 4.78 is 19.0. The molecule has 148 valence electrons. The smallest absolute Gasteiger partial charge is 0.313 e. The van der Waals surface area contributed by atoms with Crippen LogP contribution in [0.3, 0.4) is 0 Å². The zero-order valence-electron chi connectivity index (χ0n) is 15.7. The molecule has 3 aromatic rings. The van der Waals surface area contributed by atoms with E-state index in [1.54, 1.807) is 13.0 Å². The molecule has 0 atom stereocenters. The Morgan fingerprint density at radius 1 is 1.03 bits per heavy atom. The first-order valence-corrected chi connectivity index (χ1v) is 8.94. The number of halogens is 1. The van der Waals surface area contributed by atoms with Crippen LogP contribution in [0.1, 0.15) is 12.5 Å². The zero-order valence-corrected chi connectivity index (χ0v) is 15.7. The Morgan fingerprint density at radius 2 is 1.76 bits per heavy atom. The van der Waals surface area contributed by atoms with Gasteiger partial charge in [-0.15, -0.1) is 0 Å². The molecule has 2 N–H and O–H groups in total. The third-order valence-electron chi connectivity index (χ3n) is 3.90. The highest BCUT2D eigenvalue weighted by molar-refractivity contribution is 6.39. The van der Waals surface area contributed by atoms with Crippen molar-refractivity contribution < 1.29 is 18.7 Å². The van der Waals surface area contributed by atoms with Gasteiger partial charge in [0.2, 0.25) is 0 Å². The predicted molar refractivity (Wildman–Crippen MR) is 106 cm³/mol. The number of rotatable bonds is 6. The number of anilines is 1. The Balaban J connectivity index is 1.54. The first kappa shape index (κ1) is 19.9. The summed E-state index contributed by atoms with van der Waals surface area (Å²) in [6.07, 6.45) is 2.84. The van der Waals surface area contributed by atoms with Gasteiger partial charge in [-0.3, -0.25) is 9.59 Å². The molecular weight excluding hydrogens is 375 g/mol. The van der Waals surface area contributed by atoms with Crippen molar-refractivity contribution in [2.24, 2.45) is 0 Å². The lowest BCUT2D eigenvalue weighted by Gasteiger charge is -2.09. The van der Waals surface area contributed by atoms with Crippen LogP contribution in [0.4, 0.5) is 10.1 Å². The van der Waals surface area contributed by atoms with E-state index >= 15 is 0 Å². The van der Waals surface area contributed by atoms with E-state index in [1.807, 2.05) is 30.3 Å². The van der Waals surface area contributed by atoms with Gasteiger partial charge in [0.1, 0.15) is 0 Å². The molecule has 0 aliphatic heterocycles. The minimum atomic E-state index is -0.868. The van der Waals surface area contributed by atoms with Gasteiger partial charge in [-0.25, -0.2) is 14.4 Å². The van der Waals surface area contributed by atoms with E-state index in [9.17, 15) is 14.0 Å². The Kier molecular flexibility index (Phi) is 6.47. The number of carbonyl (C=O) groups is 2. The molecule has 29 heavy (non-hydrogen) atoms. The highest BCUT2D eigenvalue weighted by Gasteiger charge is 2.14. The van der Waals surface area contributed by atoms with Gasteiger partial charge in [-0.05, 0) is 24.6 Å². The van der Waals surface area contributed by atoms with Gasteiger partial charge in [-0.2, -0.15) is 0 Å². The maximum atomic E-state index is 13.8. The number of hydrogen-bond acceptors (Lipinski definition) is 5. The van der Waals surface area contributed by atoms with Crippen LogP contribution >= 0.6 is 0 Å². The number of benzene rings is 2. The topological polar surface area (TPSA) is 93.2 Å². The molecule has 1 heterocycles. The Hall–Kier alpha value is -3.81. The van der Waals surface area contributed by atoms with Crippen molar-refractivity contribution in [3.63, 3.8) is 0 Å². The van der Waals surface area contributed by atoms with Crippen LogP contribution in [0.15, 0.2) is 60.9 Å². The van der Waals surface area contributed by atoms with E-state index in [4.69, 9.17) is 4.74 Å². The monoisotopic (exact) mass is 394 g/mol. The lowest BCUT2D eigenvalue weighted by molar-refractivity contribution is -0.136. The fourth-order valence-corrected chi connectivity index (χ4v) is 2.51. The average molecular weight is 394 g/mol. The summed E-state index contributed by atoms with van der Waals surface area (Å²) in [4.78, 5) is 32.4. The molecule has 0 spiro atoms. The number of ether oxygens (including phenoxy) is 1. The van der Waals surface area contributed by atoms with Crippen LogP contribution in [0.5, 0.6) is 5.75 Å². The van der Waals surface area contributed by atoms with Crippen molar-refractivity contribution in [2.75, 3.05) is 11.9 Å². The quantitative estimate of drug-likeness (QED) is 0.627. The molecule has 0 fully saturated rings. The number of nitrogens with one attached hydrogen (secondary N) is 2. The minimum absolute atomic E-state index is 0.000969. The van der Waals surface area contributed by atoms with Gasteiger partial charge in [0.25, 0.3) is 0 Å². The Morgan fingerprint density at radius 3 is 2.41 bits per heavy atom. The summed E-state index contributed by atoms with van der Waals surface area (Å²) in [5, 5.41) is 4.86. The Labute approximate surface area is 167 Å².